The highest BCUT2D eigenvalue weighted by molar-refractivity contribution is 7.98. The normalized spacial score (nSPS) is 17.5. The number of rotatable bonds is 2. The Kier molecular flexibility index (Phi) is 2.73. The fourth-order valence-corrected chi connectivity index (χ4v) is 2.26. The van der Waals surface area contributed by atoms with Crippen LogP contribution in [0.2, 0.25) is 0 Å². The summed E-state index contributed by atoms with van der Waals surface area (Å²) in [5, 5.41) is 0. The third kappa shape index (κ3) is 2.75. The van der Waals surface area contributed by atoms with Gasteiger partial charge in [0.15, 0.2) is 0 Å². The minimum atomic E-state index is -3.49. The molecule has 0 saturated heterocycles. The number of nitrogens with one attached hydrogen (secondary N) is 1. The number of hydrogen-bond donors (Lipinski definition) is 2. The van der Waals surface area contributed by atoms with E-state index in [2.05, 4.69) is 9.71 Å². The first-order valence-electron chi connectivity index (χ1n) is 4.13. The molecule has 5 nitrogen and oxygen atoms in total. The zero-order valence-electron chi connectivity index (χ0n) is 7.88. The number of fused-ring (bicyclic) bond motifs is 1. The minimum absolute atomic E-state index is 0.369. The van der Waals surface area contributed by atoms with Crippen LogP contribution in [0.25, 0.3) is 0 Å². The van der Waals surface area contributed by atoms with E-state index >= 15 is 0 Å². The number of aliphatic imine (C=N–C) groups is 1. The van der Waals surface area contributed by atoms with E-state index in [4.69, 9.17) is 9.42 Å². The first-order valence-corrected chi connectivity index (χ1v) is 6.97. The van der Waals surface area contributed by atoms with Crippen molar-refractivity contribution < 1.29 is 14.0 Å². The molecule has 15 heavy (non-hydrogen) atoms. The lowest BCUT2D eigenvalue weighted by Crippen LogP contribution is -2.02. The summed E-state index contributed by atoms with van der Waals surface area (Å²) in [6.07, 6.45) is 1.59. The van der Waals surface area contributed by atoms with E-state index in [-0.39, 0.29) is 0 Å². The summed E-state index contributed by atoms with van der Waals surface area (Å²) in [5.74, 6) is 0.369. The third-order valence-electron chi connectivity index (χ3n) is 1.63. The summed E-state index contributed by atoms with van der Waals surface area (Å²) in [6.45, 7) is 1.15. The highest BCUT2D eigenvalue weighted by atomic mass is 32.2. The van der Waals surface area contributed by atoms with Gasteiger partial charge in [-0.3, -0.25) is 0 Å². The summed E-state index contributed by atoms with van der Waals surface area (Å²) >= 11 is 1.38. The Bertz CT molecular complexity index is 457. The zero-order valence-corrected chi connectivity index (χ0v) is 9.59. The molecule has 0 amide bonds. The standard InChI is InChI=1S/C8H9N2O3PS/c1-14(11,12)13-6-2-3-7-8(4-6)15-10-5-9-7/h2-5H,1H3,(H,9,10)(H,11,12). The van der Waals surface area contributed by atoms with E-state index in [1.165, 1.54) is 11.9 Å². The topological polar surface area (TPSA) is 70.9 Å². The van der Waals surface area contributed by atoms with Gasteiger partial charge in [0.1, 0.15) is 5.75 Å². The van der Waals surface area contributed by atoms with Crippen molar-refractivity contribution in [2.24, 2.45) is 4.99 Å². The lowest BCUT2D eigenvalue weighted by atomic mass is 10.3. The summed E-state index contributed by atoms with van der Waals surface area (Å²) in [6, 6.07) is 5.04. The van der Waals surface area contributed by atoms with Gasteiger partial charge in [0.25, 0.3) is 0 Å². The second-order valence-electron chi connectivity index (χ2n) is 3.00. The van der Waals surface area contributed by atoms with Gasteiger partial charge in [-0.05, 0) is 30.1 Å². The maximum Gasteiger partial charge on any atom is 0.373 e. The maximum atomic E-state index is 11.0. The lowest BCUT2D eigenvalue weighted by molar-refractivity contribution is 0.387. The van der Waals surface area contributed by atoms with Crippen molar-refractivity contribution >= 4 is 31.6 Å². The Morgan fingerprint density at radius 2 is 2.40 bits per heavy atom. The van der Waals surface area contributed by atoms with Gasteiger partial charge in [0.05, 0.1) is 16.9 Å². The fraction of sp³-hybridized carbons (Fsp3) is 0.125. The molecule has 2 rings (SSSR count). The van der Waals surface area contributed by atoms with Crippen molar-refractivity contribution in [1.29, 1.82) is 0 Å². The summed E-state index contributed by atoms with van der Waals surface area (Å²) in [4.78, 5) is 14.0. The molecular weight excluding hydrogens is 235 g/mol. The summed E-state index contributed by atoms with van der Waals surface area (Å²) in [5.41, 5.74) is 0.815. The second-order valence-corrected chi connectivity index (χ2v) is 5.67. The first kappa shape index (κ1) is 10.5. The van der Waals surface area contributed by atoms with Crippen LogP contribution in [0, 0.1) is 0 Å². The zero-order chi connectivity index (χ0) is 10.9. The van der Waals surface area contributed by atoms with E-state index in [1.807, 2.05) is 0 Å². The van der Waals surface area contributed by atoms with Crippen molar-refractivity contribution in [3.05, 3.63) is 18.2 Å². The van der Waals surface area contributed by atoms with Gasteiger partial charge >= 0.3 is 7.60 Å². The van der Waals surface area contributed by atoms with Crippen LogP contribution >= 0.6 is 19.5 Å². The Morgan fingerprint density at radius 3 is 3.13 bits per heavy atom. The maximum absolute atomic E-state index is 11.0. The van der Waals surface area contributed by atoms with Crippen molar-refractivity contribution in [3.8, 4) is 5.75 Å². The quantitative estimate of drug-likeness (QED) is 0.616. The highest BCUT2D eigenvalue weighted by Gasteiger charge is 2.14. The Balaban J connectivity index is 2.29. The van der Waals surface area contributed by atoms with Crippen molar-refractivity contribution in [1.82, 2.24) is 4.72 Å². The minimum Gasteiger partial charge on any atom is -0.425 e. The molecule has 1 aliphatic heterocycles. The van der Waals surface area contributed by atoms with E-state index in [0.717, 1.165) is 17.2 Å². The molecule has 1 atom stereocenters. The Hall–Kier alpha value is -0.970. The predicted octanol–water partition coefficient (Wildman–Crippen LogP) is 2.15. The van der Waals surface area contributed by atoms with Gasteiger partial charge in [-0.1, -0.05) is 0 Å². The van der Waals surface area contributed by atoms with Crippen molar-refractivity contribution in [2.75, 3.05) is 6.66 Å². The van der Waals surface area contributed by atoms with Gasteiger partial charge in [-0.2, -0.15) is 0 Å². The summed E-state index contributed by atoms with van der Waals surface area (Å²) < 4.78 is 18.8. The molecule has 0 saturated carbocycles. The van der Waals surface area contributed by atoms with Crippen LogP contribution in [0.3, 0.4) is 0 Å². The number of benzene rings is 1. The molecule has 1 aromatic carbocycles. The molecule has 0 aromatic heterocycles. The molecule has 80 valence electrons. The van der Waals surface area contributed by atoms with E-state index in [0.29, 0.717) is 5.75 Å². The first-order chi connectivity index (χ1) is 7.04. The van der Waals surface area contributed by atoms with E-state index in [1.54, 1.807) is 24.5 Å². The van der Waals surface area contributed by atoms with Crippen molar-refractivity contribution in [3.63, 3.8) is 0 Å². The monoisotopic (exact) mass is 244 g/mol. The number of nitrogens with zero attached hydrogens (tertiary/aromatic N) is 1. The molecule has 7 heteroatoms. The van der Waals surface area contributed by atoms with Crippen LogP contribution in [0.5, 0.6) is 5.75 Å². The molecule has 1 aromatic rings. The third-order valence-corrected chi connectivity index (χ3v) is 2.95. The molecule has 1 unspecified atom stereocenters. The number of hydrogen-bond acceptors (Lipinski definition) is 5. The van der Waals surface area contributed by atoms with Crippen LogP contribution in [0.4, 0.5) is 5.69 Å². The van der Waals surface area contributed by atoms with Gasteiger partial charge in [0.2, 0.25) is 0 Å². The van der Waals surface area contributed by atoms with Crippen LogP contribution in [-0.2, 0) is 4.57 Å². The summed E-state index contributed by atoms with van der Waals surface area (Å²) in [7, 11) is -3.49. The average Bonchev–Trinajstić information content (AvgIpc) is 2.15. The largest absolute Gasteiger partial charge is 0.425 e. The Labute approximate surface area is 91.2 Å². The molecule has 1 heterocycles. The lowest BCUT2D eigenvalue weighted by Gasteiger charge is -2.13. The fourth-order valence-electron chi connectivity index (χ4n) is 1.12. The SMILES string of the molecule is CP(=O)(O)Oc1ccc2c(c1)SNC=N2. The molecule has 0 radical (unpaired) electrons. The van der Waals surface area contributed by atoms with Crippen LogP contribution in [-0.4, -0.2) is 17.9 Å². The van der Waals surface area contributed by atoms with Crippen LogP contribution in [0.1, 0.15) is 0 Å². The van der Waals surface area contributed by atoms with Gasteiger partial charge in [0, 0.05) is 6.66 Å². The van der Waals surface area contributed by atoms with Crippen LogP contribution < -0.4 is 9.25 Å². The molecular formula is C8H9N2O3PS. The smallest absolute Gasteiger partial charge is 0.373 e. The highest BCUT2D eigenvalue weighted by Crippen LogP contribution is 2.41. The van der Waals surface area contributed by atoms with Gasteiger partial charge in [-0.15, -0.1) is 0 Å². The molecule has 0 spiro atoms. The van der Waals surface area contributed by atoms with E-state index < -0.39 is 7.60 Å². The van der Waals surface area contributed by atoms with E-state index in [9.17, 15) is 4.57 Å². The average molecular weight is 244 g/mol. The molecule has 2 N–H and O–H groups in total. The van der Waals surface area contributed by atoms with Crippen molar-refractivity contribution in [2.45, 2.75) is 4.90 Å². The van der Waals surface area contributed by atoms with Crippen LogP contribution in [0.15, 0.2) is 28.1 Å². The molecule has 0 bridgehead atoms. The second kappa shape index (κ2) is 3.89. The molecule has 0 fully saturated rings. The predicted molar refractivity (Wildman–Crippen MR) is 60.0 cm³/mol. The Morgan fingerprint density at radius 1 is 1.60 bits per heavy atom. The molecule has 0 aliphatic carbocycles. The van der Waals surface area contributed by atoms with Gasteiger partial charge < -0.3 is 14.1 Å². The van der Waals surface area contributed by atoms with Gasteiger partial charge in [-0.25, -0.2) is 9.56 Å². The molecule has 1 aliphatic rings.